The zero-order valence-corrected chi connectivity index (χ0v) is 10.5. The number of hydrogen-bond donors (Lipinski definition) is 1. The monoisotopic (exact) mass is 222 g/mol. The Morgan fingerprint density at radius 2 is 1.94 bits per heavy atom. The molecule has 1 aromatic rings. The maximum atomic E-state index is 9.54. The Bertz CT molecular complexity index is 307. The number of hydrogen-bond acceptors (Lipinski definition) is 3. The molecule has 1 heterocycles. The number of rotatable bonds is 6. The lowest BCUT2D eigenvalue weighted by Crippen LogP contribution is -2.25. The predicted octanol–water partition coefficient (Wildman–Crippen LogP) is 2.76. The van der Waals surface area contributed by atoms with Gasteiger partial charge in [0.15, 0.2) is 0 Å². The number of pyridine rings is 1. The zero-order chi connectivity index (χ0) is 12.0. The molecule has 0 bridgehead atoms. The van der Waals surface area contributed by atoms with Crippen molar-refractivity contribution in [2.24, 2.45) is 0 Å². The Morgan fingerprint density at radius 1 is 1.31 bits per heavy atom. The van der Waals surface area contributed by atoms with Gasteiger partial charge in [0, 0.05) is 19.3 Å². The maximum absolute atomic E-state index is 9.54. The molecule has 1 N–H and O–H groups in total. The van der Waals surface area contributed by atoms with Crippen LogP contribution in [0.1, 0.15) is 45.3 Å². The first kappa shape index (κ1) is 13.0. The van der Waals surface area contributed by atoms with Gasteiger partial charge < -0.3 is 10.0 Å². The second-order valence-corrected chi connectivity index (χ2v) is 4.11. The molecule has 0 aromatic carbocycles. The highest BCUT2D eigenvalue weighted by atomic mass is 16.3. The highest BCUT2D eigenvalue weighted by molar-refractivity contribution is 5.41. The topological polar surface area (TPSA) is 36.4 Å². The van der Waals surface area contributed by atoms with E-state index < -0.39 is 6.10 Å². The van der Waals surface area contributed by atoms with Crippen LogP contribution < -0.4 is 4.90 Å². The molecule has 3 nitrogen and oxygen atoms in total. The summed E-state index contributed by atoms with van der Waals surface area (Å²) in [6.07, 6.45) is 3.57. The van der Waals surface area contributed by atoms with E-state index >= 15 is 0 Å². The van der Waals surface area contributed by atoms with Crippen LogP contribution in [-0.2, 0) is 0 Å². The van der Waals surface area contributed by atoms with Crippen molar-refractivity contribution in [2.75, 3.05) is 18.0 Å². The molecule has 16 heavy (non-hydrogen) atoms. The van der Waals surface area contributed by atoms with Gasteiger partial charge in [-0.25, -0.2) is 4.98 Å². The van der Waals surface area contributed by atoms with Crippen molar-refractivity contribution < 1.29 is 5.11 Å². The van der Waals surface area contributed by atoms with Crippen molar-refractivity contribution >= 4 is 5.82 Å². The predicted molar refractivity (Wildman–Crippen MR) is 67.7 cm³/mol. The van der Waals surface area contributed by atoms with E-state index in [2.05, 4.69) is 23.7 Å². The van der Waals surface area contributed by atoms with E-state index in [0.29, 0.717) is 0 Å². The van der Waals surface area contributed by atoms with Gasteiger partial charge in [-0.15, -0.1) is 0 Å². The summed E-state index contributed by atoms with van der Waals surface area (Å²) in [7, 11) is 0. The highest BCUT2D eigenvalue weighted by Crippen LogP contribution is 2.18. The molecule has 1 atom stereocenters. The van der Waals surface area contributed by atoms with E-state index in [-0.39, 0.29) is 0 Å². The molecule has 0 amide bonds. The summed E-state index contributed by atoms with van der Waals surface area (Å²) in [5, 5.41) is 9.54. The average molecular weight is 222 g/mol. The molecule has 0 aliphatic carbocycles. The molecule has 0 aliphatic heterocycles. The van der Waals surface area contributed by atoms with E-state index in [1.807, 2.05) is 12.1 Å². The third-order valence-electron chi connectivity index (χ3n) is 2.56. The number of nitrogens with zero attached hydrogens (tertiary/aromatic N) is 2. The third kappa shape index (κ3) is 3.49. The molecule has 0 radical (unpaired) electrons. The van der Waals surface area contributed by atoms with Crippen molar-refractivity contribution in [2.45, 2.75) is 39.7 Å². The third-order valence-corrected chi connectivity index (χ3v) is 2.56. The van der Waals surface area contributed by atoms with Gasteiger partial charge in [0.2, 0.25) is 0 Å². The minimum Gasteiger partial charge on any atom is -0.389 e. The SMILES string of the molecule is CCCN(CCC)c1cc([C@H](C)O)ccn1. The molecular formula is C13H22N2O. The van der Waals surface area contributed by atoms with E-state index in [1.54, 1.807) is 13.1 Å². The summed E-state index contributed by atoms with van der Waals surface area (Å²) in [6.45, 7) is 8.15. The van der Waals surface area contributed by atoms with Gasteiger partial charge in [0.1, 0.15) is 5.82 Å². The second kappa shape index (κ2) is 6.48. The molecule has 90 valence electrons. The maximum Gasteiger partial charge on any atom is 0.128 e. The molecule has 1 rings (SSSR count). The van der Waals surface area contributed by atoms with E-state index in [1.165, 1.54) is 0 Å². The van der Waals surface area contributed by atoms with Crippen LogP contribution in [0.3, 0.4) is 0 Å². The first-order valence-electron chi connectivity index (χ1n) is 6.08. The first-order chi connectivity index (χ1) is 7.69. The summed E-state index contributed by atoms with van der Waals surface area (Å²) in [5.41, 5.74) is 0.933. The van der Waals surface area contributed by atoms with Crippen molar-refractivity contribution in [3.05, 3.63) is 23.9 Å². The summed E-state index contributed by atoms with van der Waals surface area (Å²) in [5.74, 6) is 0.974. The summed E-state index contributed by atoms with van der Waals surface area (Å²) in [4.78, 5) is 6.64. The van der Waals surface area contributed by atoms with Gasteiger partial charge in [-0.2, -0.15) is 0 Å². The largest absolute Gasteiger partial charge is 0.389 e. The van der Waals surface area contributed by atoms with Gasteiger partial charge in [0.05, 0.1) is 6.10 Å². The lowest BCUT2D eigenvalue weighted by Gasteiger charge is -2.23. The molecule has 0 aliphatic rings. The number of aromatic nitrogens is 1. The lowest BCUT2D eigenvalue weighted by atomic mass is 10.1. The highest BCUT2D eigenvalue weighted by Gasteiger charge is 2.08. The van der Waals surface area contributed by atoms with Gasteiger partial charge in [-0.3, -0.25) is 0 Å². The molecule has 0 spiro atoms. The lowest BCUT2D eigenvalue weighted by molar-refractivity contribution is 0.199. The van der Waals surface area contributed by atoms with E-state index in [4.69, 9.17) is 0 Å². The summed E-state index contributed by atoms with van der Waals surface area (Å²) in [6, 6.07) is 3.85. The number of aliphatic hydroxyl groups excluding tert-OH is 1. The minimum atomic E-state index is -0.424. The van der Waals surface area contributed by atoms with Gasteiger partial charge >= 0.3 is 0 Å². The number of aliphatic hydroxyl groups is 1. The smallest absolute Gasteiger partial charge is 0.128 e. The van der Waals surface area contributed by atoms with Crippen LogP contribution in [0.5, 0.6) is 0 Å². The Labute approximate surface area is 98.1 Å². The fourth-order valence-electron chi connectivity index (χ4n) is 1.75. The van der Waals surface area contributed by atoms with Crippen LogP contribution in [0.4, 0.5) is 5.82 Å². The molecule has 0 fully saturated rings. The molecule has 3 heteroatoms. The average Bonchev–Trinajstić information content (AvgIpc) is 2.29. The number of anilines is 1. The van der Waals surface area contributed by atoms with Crippen molar-refractivity contribution in [1.29, 1.82) is 0 Å². The van der Waals surface area contributed by atoms with Crippen LogP contribution in [0, 0.1) is 0 Å². The molecular weight excluding hydrogens is 200 g/mol. The van der Waals surface area contributed by atoms with Crippen LogP contribution in [0.2, 0.25) is 0 Å². The van der Waals surface area contributed by atoms with Crippen LogP contribution in [-0.4, -0.2) is 23.2 Å². The second-order valence-electron chi connectivity index (χ2n) is 4.11. The minimum absolute atomic E-state index is 0.424. The fraction of sp³-hybridized carbons (Fsp3) is 0.615. The van der Waals surface area contributed by atoms with Crippen molar-refractivity contribution in [3.63, 3.8) is 0 Å². The Kier molecular flexibility index (Phi) is 5.26. The Morgan fingerprint density at radius 3 is 2.44 bits per heavy atom. The summed E-state index contributed by atoms with van der Waals surface area (Å²) < 4.78 is 0. The Hall–Kier alpha value is -1.09. The quantitative estimate of drug-likeness (QED) is 0.804. The normalized spacial score (nSPS) is 12.5. The van der Waals surface area contributed by atoms with Gasteiger partial charge in [-0.05, 0) is 37.5 Å². The molecule has 0 unspecified atom stereocenters. The van der Waals surface area contributed by atoms with E-state index in [9.17, 15) is 5.11 Å². The standard InChI is InChI=1S/C13H22N2O/c1-4-8-15(9-5-2)13-10-12(11(3)16)6-7-14-13/h6-7,10-11,16H,4-5,8-9H2,1-3H3/t11-/m0/s1. The molecule has 0 saturated carbocycles. The molecule has 1 aromatic heterocycles. The van der Waals surface area contributed by atoms with Crippen LogP contribution >= 0.6 is 0 Å². The van der Waals surface area contributed by atoms with Crippen LogP contribution in [0.25, 0.3) is 0 Å². The van der Waals surface area contributed by atoms with Crippen molar-refractivity contribution in [1.82, 2.24) is 4.98 Å². The van der Waals surface area contributed by atoms with Crippen molar-refractivity contribution in [3.8, 4) is 0 Å². The van der Waals surface area contributed by atoms with Gasteiger partial charge in [0.25, 0.3) is 0 Å². The van der Waals surface area contributed by atoms with Gasteiger partial charge in [-0.1, -0.05) is 13.8 Å². The zero-order valence-electron chi connectivity index (χ0n) is 10.5. The van der Waals surface area contributed by atoms with E-state index in [0.717, 1.165) is 37.3 Å². The molecule has 0 saturated heterocycles. The Balaban J connectivity index is 2.86. The first-order valence-corrected chi connectivity index (χ1v) is 6.08. The fourth-order valence-corrected chi connectivity index (χ4v) is 1.75. The van der Waals surface area contributed by atoms with Crippen LogP contribution in [0.15, 0.2) is 18.3 Å². The summed E-state index contributed by atoms with van der Waals surface area (Å²) >= 11 is 0.